The van der Waals surface area contributed by atoms with Gasteiger partial charge in [0.2, 0.25) is 0 Å². The number of carbonyl (C=O) groups excluding carboxylic acids is 1. The van der Waals surface area contributed by atoms with Crippen LogP contribution in [0.25, 0.3) is 0 Å². The molecule has 80 valence electrons. The Balaban J connectivity index is 4.69. The van der Waals surface area contributed by atoms with Gasteiger partial charge in [-0.3, -0.25) is 14.4 Å². The Morgan fingerprint density at radius 2 is 1.57 bits per heavy atom. The average Bonchev–Trinajstić information content (AvgIpc) is 2.02. The lowest BCUT2D eigenvalue weighted by Gasteiger charge is -2.16. The number of carboxylic acid groups (broad SMARTS) is 2. The summed E-state index contributed by atoms with van der Waals surface area (Å²) in [6, 6.07) is 0. The summed E-state index contributed by atoms with van der Waals surface area (Å²) >= 11 is 3.44. The molecule has 0 aromatic carbocycles. The van der Waals surface area contributed by atoms with Gasteiger partial charge in [0.15, 0.2) is 5.12 Å². The molecule has 0 saturated heterocycles. The maximum absolute atomic E-state index is 10.7. The van der Waals surface area contributed by atoms with Crippen molar-refractivity contribution in [2.24, 2.45) is 11.8 Å². The molecule has 2 N–H and O–H groups in total. The highest BCUT2D eigenvalue weighted by atomic mass is 32.1. The molecule has 0 aromatic rings. The molecule has 0 saturated carbocycles. The zero-order chi connectivity index (χ0) is 11.3. The number of carbonyl (C=O) groups is 3. The summed E-state index contributed by atoms with van der Waals surface area (Å²) in [5.41, 5.74) is 0. The first kappa shape index (κ1) is 13.0. The highest BCUT2D eigenvalue weighted by Gasteiger charge is 2.33. The van der Waals surface area contributed by atoms with Crippen LogP contribution in [0.4, 0.5) is 0 Å². The van der Waals surface area contributed by atoms with E-state index in [1.807, 2.05) is 0 Å². The van der Waals surface area contributed by atoms with Crippen LogP contribution in [-0.2, 0) is 14.4 Å². The van der Waals surface area contributed by atoms with E-state index in [4.69, 9.17) is 10.2 Å². The van der Waals surface area contributed by atoms with E-state index < -0.39 is 28.9 Å². The number of aliphatic carboxylic acids is 2. The Bertz CT molecular complexity index is 250. The number of rotatable bonds is 6. The van der Waals surface area contributed by atoms with Gasteiger partial charge in [-0.25, -0.2) is 0 Å². The fraction of sp³-hybridized carbons (Fsp3) is 0.625. The van der Waals surface area contributed by atoms with Crippen LogP contribution in [0.1, 0.15) is 19.8 Å². The van der Waals surface area contributed by atoms with Gasteiger partial charge in [-0.1, -0.05) is 6.92 Å². The van der Waals surface area contributed by atoms with Crippen LogP contribution in [-0.4, -0.2) is 27.3 Å². The molecule has 0 aliphatic rings. The summed E-state index contributed by atoms with van der Waals surface area (Å²) in [5.74, 6) is -4.71. The Morgan fingerprint density at radius 3 is 1.79 bits per heavy atom. The first-order chi connectivity index (χ1) is 6.40. The van der Waals surface area contributed by atoms with Crippen LogP contribution in [0, 0.1) is 11.8 Å². The molecule has 5 nitrogen and oxygen atoms in total. The van der Waals surface area contributed by atoms with E-state index in [0.29, 0.717) is 0 Å². The van der Waals surface area contributed by atoms with E-state index in [1.54, 1.807) is 6.92 Å². The molecule has 2 atom stereocenters. The minimum Gasteiger partial charge on any atom is -0.481 e. The molecule has 0 aliphatic heterocycles. The minimum atomic E-state index is -1.28. The molecule has 0 radical (unpaired) electrons. The maximum atomic E-state index is 10.7. The number of carboxylic acids is 2. The summed E-state index contributed by atoms with van der Waals surface area (Å²) < 4.78 is 0. The third-order valence-electron chi connectivity index (χ3n) is 1.95. The van der Waals surface area contributed by atoms with Gasteiger partial charge in [-0.05, 0) is 6.42 Å². The smallest absolute Gasteiger partial charge is 0.307 e. The van der Waals surface area contributed by atoms with Crippen molar-refractivity contribution in [1.82, 2.24) is 0 Å². The highest BCUT2D eigenvalue weighted by Crippen LogP contribution is 2.21. The SMILES string of the molecule is CCC(C(=O)O)C(CC(=O)S)C(=O)O. The van der Waals surface area contributed by atoms with Crippen molar-refractivity contribution in [3.63, 3.8) is 0 Å². The van der Waals surface area contributed by atoms with E-state index >= 15 is 0 Å². The molecule has 0 aromatic heterocycles. The summed E-state index contributed by atoms with van der Waals surface area (Å²) in [5, 5.41) is 16.8. The topological polar surface area (TPSA) is 91.7 Å². The van der Waals surface area contributed by atoms with Gasteiger partial charge >= 0.3 is 11.9 Å². The zero-order valence-corrected chi connectivity index (χ0v) is 8.53. The van der Waals surface area contributed by atoms with Crippen molar-refractivity contribution in [1.29, 1.82) is 0 Å². The van der Waals surface area contributed by atoms with Gasteiger partial charge in [0.1, 0.15) is 0 Å². The van der Waals surface area contributed by atoms with Crippen LogP contribution < -0.4 is 0 Å². The average molecular weight is 220 g/mol. The van der Waals surface area contributed by atoms with Gasteiger partial charge in [0.05, 0.1) is 11.8 Å². The maximum Gasteiger partial charge on any atom is 0.307 e. The predicted molar refractivity (Wildman–Crippen MR) is 51.2 cm³/mol. The van der Waals surface area contributed by atoms with E-state index in [2.05, 4.69) is 12.6 Å². The van der Waals surface area contributed by atoms with Crippen LogP contribution in [0.5, 0.6) is 0 Å². The van der Waals surface area contributed by atoms with Crippen LogP contribution in [0.2, 0.25) is 0 Å². The van der Waals surface area contributed by atoms with Crippen LogP contribution >= 0.6 is 12.6 Å². The van der Waals surface area contributed by atoms with Crippen molar-refractivity contribution in [2.75, 3.05) is 0 Å². The number of thiol groups is 1. The molecule has 0 aliphatic carbocycles. The normalized spacial score (nSPS) is 14.4. The molecular weight excluding hydrogens is 208 g/mol. The lowest BCUT2D eigenvalue weighted by atomic mass is 9.88. The Morgan fingerprint density at radius 1 is 1.14 bits per heavy atom. The molecule has 6 heteroatoms. The molecule has 14 heavy (non-hydrogen) atoms. The van der Waals surface area contributed by atoms with Crippen molar-refractivity contribution in [2.45, 2.75) is 19.8 Å². The molecule has 0 heterocycles. The van der Waals surface area contributed by atoms with Gasteiger partial charge in [0, 0.05) is 6.42 Å². The fourth-order valence-corrected chi connectivity index (χ4v) is 1.42. The number of hydrogen-bond donors (Lipinski definition) is 3. The zero-order valence-electron chi connectivity index (χ0n) is 7.64. The van der Waals surface area contributed by atoms with Crippen molar-refractivity contribution in [3.05, 3.63) is 0 Å². The van der Waals surface area contributed by atoms with E-state index in [-0.39, 0.29) is 12.8 Å². The molecule has 0 rings (SSSR count). The largest absolute Gasteiger partial charge is 0.481 e. The summed E-state index contributed by atoms with van der Waals surface area (Å²) in [4.78, 5) is 32.0. The predicted octanol–water partition coefficient (Wildman–Crippen LogP) is 0.644. The van der Waals surface area contributed by atoms with Gasteiger partial charge in [-0.15, -0.1) is 12.6 Å². The second kappa shape index (κ2) is 5.64. The van der Waals surface area contributed by atoms with Crippen molar-refractivity contribution < 1.29 is 24.6 Å². The highest BCUT2D eigenvalue weighted by molar-refractivity contribution is 7.96. The monoisotopic (exact) mass is 220 g/mol. The van der Waals surface area contributed by atoms with Crippen molar-refractivity contribution in [3.8, 4) is 0 Å². The Labute approximate surface area is 86.5 Å². The molecule has 0 bridgehead atoms. The quantitative estimate of drug-likeness (QED) is 0.571. The summed E-state index contributed by atoms with van der Waals surface area (Å²) in [6.07, 6.45) is -0.184. The third-order valence-corrected chi connectivity index (χ3v) is 2.14. The Hall–Kier alpha value is -1.04. The molecule has 0 spiro atoms. The molecule has 0 fully saturated rings. The van der Waals surface area contributed by atoms with Crippen molar-refractivity contribution >= 4 is 29.7 Å². The van der Waals surface area contributed by atoms with Crippen LogP contribution in [0.15, 0.2) is 0 Å². The molecular formula is C8H12O5S. The first-order valence-electron chi connectivity index (χ1n) is 4.07. The lowest BCUT2D eigenvalue weighted by molar-refractivity contribution is -0.154. The lowest BCUT2D eigenvalue weighted by Crippen LogP contribution is -2.30. The second-order valence-corrected chi connectivity index (χ2v) is 3.39. The standard InChI is InChI=1S/C8H12O5S/c1-2-4(7(10)11)5(8(12)13)3-6(9)14/h4-5H,2-3H2,1H3,(H,9,14)(H,10,11)(H,12,13). The molecule has 0 amide bonds. The first-order valence-corrected chi connectivity index (χ1v) is 4.52. The Kier molecular flexibility index (Phi) is 5.22. The number of hydrogen-bond acceptors (Lipinski definition) is 3. The van der Waals surface area contributed by atoms with Gasteiger partial charge in [0.25, 0.3) is 0 Å². The van der Waals surface area contributed by atoms with E-state index in [9.17, 15) is 14.4 Å². The fourth-order valence-electron chi connectivity index (χ4n) is 1.22. The van der Waals surface area contributed by atoms with Gasteiger partial charge < -0.3 is 10.2 Å². The van der Waals surface area contributed by atoms with E-state index in [0.717, 1.165) is 0 Å². The second-order valence-electron chi connectivity index (χ2n) is 2.90. The summed E-state index contributed by atoms with van der Waals surface area (Å²) in [6.45, 7) is 1.57. The van der Waals surface area contributed by atoms with E-state index in [1.165, 1.54) is 0 Å². The van der Waals surface area contributed by atoms with Crippen LogP contribution in [0.3, 0.4) is 0 Å². The third kappa shape index (κ3) is 3.78. The van der Waals surface area contributed by atoms with Gasteiger partial charge in [-0.2, -0.15) is 0 Å². The summed E-state index contributed by atoms with van der Waals surface area (Å²) in [7, 11) is 0. The minimum absolute atomic E-state index is 0.174. The molecule has 2 unspecified atom stereocenters.